The van der Waals surface area contributed by atoms with Gasteiger partial charge in [-0.2, -0.15) is 0 Å². The van der Waals surface area contributed by atoms with Gasteiger partial charge in [0.2, 0.25) is 0 Å². The molecule has 0 aliphatic heterocycles. The number of rotatable bonds is 5. The third-order valence-electron chi connectivity index (χ3n) is 3.16. The van der Waals surface area contributed by atoms with Crippen molar-refractivity contribution < 1.29 is 9.53 Å². The minimum absolute atomic E-state index is 0.0132. The number of amides is 1. The summed E-state index contributed by atoms with van der Waals surface area (Å²) < 4.78 is 5.60. The van der Waals surface area contributed by atoms with E-state index in [1.807, 2.05) is 44.2 Å². The van der Waals surface area contributed by atoms with E-state index in [2.05, 4.69) is 5.32 Å². The SMILES string of the molecule is Cc1cccc(C)c1OCC(=O)NCc1ccc(Cl)cc1. The molecule has 0 spiro atoms. The monoisotopic (exact) mass is 303 g/mol. The Morgan fingerprint density at radius 3 is 2.33 bits per heavy atom. The summed E-state index contributed by atoms with van der Waals surface area (Å²) in [6, 6.07) is 13.3. The Kier molecular flexibility index (Phi) is 5.23. The van der Waals surface area contributed by atoms with Gasteiger partial charge in [-0.1, -0.05) is 41.9 Å². The fourth-order valence-electron chi connectivity index (χ4n) is 2.02. The van der Waals surface area contributed by atoms with Gasteiger partial charge in [0.05, 0.1) is 0 Å². The van der Waals surface area contributed by atoms with Crippen LogP contribution in [0, 0.1) is 13.8 Å². The molecule has 110 valence electrons. The molecule has 0 radical (unpaired) electrons. The smallest absolute Gasteiger partial charge is 0.258 e. The van der Waals surface area contributed by atoms with Crippen LogP contribution in [-0.2, 0) is 11.3 Å². The highest BCUT2D eigenvalue weighted by atomic mass is 35.5. The maximum absolute atomic E-state index is 11.8. The van der Waals surface area contributed by atoms with Crippen LogP contribution in [0.25, 0.3) is 0 Å². The van der Waals surface area contributed by atoms with Crippen LogP contribution in [0.4, 0.5) is 0 Å². The molecular formula is C17H18ClNO2. The average molecular weight is 304 g/mol. The normalized spacial score (nSPS) is 10.2. The van der Waals surface area contributed by atoms with Crippen LogP contribution in [0.1, 0.15) is 16.7 Å². The number of hydrogen-bond acceptors (Lipinski definition) is 2. The fourth-order valence-corrected chi connectivity index (χ4v) is 2.14. The third-order valence-corrected chi connectivity index (χ3v) is 3.41. The first-order valence-corrected chi connectivity index (χ1v) is 7.14. The second kappa shape index (κ2) is 7.14. The molecule has 0 unspecified atom stereocenters. The summed E-state index contributed by atoms with van der Waals surface area (Å²) in [4.78, 5) is 11.8. The van der Waals surface area contributed by atoms with Crippen molar-refractivity contribution in [3.63, 3.8) is 0 Å². The van der Waals surface area contributed by atoms with E-state index in [0.29, 0.717) is 11.6 Å². The Bertz CT molecular complexity index is 603. The summed E-state index contributed by atoms with van der Waals surface area (Å²) in [5.74, 6) is 0.631. The van der Waals surface area contributed by atoms with Gasteiger partial charge in [-0.25, -0.2) is 0 Å². The Labute approximate surface area is 129 Å². The molecule has 4 heteroatoms. The van der Waals surface area contributed by atoms with Gasteiger partial charge in [0, 0.05) is 11.6 Å². The highest BCUT2D eigenvalue weighted by molar-refractivity contribution is 6.30. The number of benzene rings is 2. The quantitative estimate of drug-likeness (QED) is 0.915. The minimum Gasteiger partial charge on any atom is -0.483 e. The van der Waals surface area contributed by atoms with Gasteiger partial charge < -0.3 is 10.1 Å². The number of carbonyl (C=O) groups is 1. The lowest BCUT2D eigenvalue weighted by Gasteiger charge is -2.12. The molecule has 0 aliphatic rings. The first kappa shape index (κ1) is 15.4. The standard InChI is InChI=1S/C17H18ClNO2/c1-12-4-3-5-13(2)17(12)21-11-16(20)19-10-14-6-8-15(18)9-7-14/h3-9H,10-11H2,1-2H3,(H,19,20). The zero-order valence-corrected chi connectivity index (χ0v) is 12.9. The summed E-state index contributed by atoms with van der Waals surface area (Å²) in [5.41, 5.74) is 3.06. The molecule has 0 atom stereocenters. The van der Waals surface area contributed by atoms with E-state index in [1.54, 1.807) is 12.1 Å². The van der Waals surface area contributed by atoms with Crippen LogP contribution in [0.15, 0.2) is 42.5 Å². The number of nitrogens with one attached hydrogen (secondary N) is 1. The van der Waals surface area contributed by atoms with E-state index >= 15 is 0 Å². The van der Waals surface area contributed by atoms with Crippen molar-refractivity contribution in [1.82, 2.24) is 5.32 Å². The van der Waals surface area contributed by atoms with Gasteiger partial charge >= 0.3 is 0 Å². The van der Waals surface area contributed by atoms with Crippen molar-refractivity contribution in [3.8, 4) is 5.75 Å². The van der Waals surface area contributed by atoms with Gasteiger partial charge in [-0.05, 0) is 42.7 Å². The van der Waals surface area contributed by atoms with E-state index in [9.17, 15) is 4.79 Å². The van der Waals surface area contributed by atoms with Crippen molar-refractivity contribution in [2.75, 3.05) is 6.61 Å². The average Bonchev–Trinajstić information content (AvgIpc) is 2.46. The van der Waals surface area contributed by atoms with Crippen LogP contribution < -0.4 is 10.1 Å². The highest BCUT2D eigenvalue weighted by Crippen LogP contribution is 2.22. The number of carbonyl (C=O) groups excluding carboxylic acids is 1. The lowest BCUT2D eigenvalue weighted by Crippen LogP contribution is -2.28. The first-order valence-electron chi connectivity index (χ1n) is 6.76. The van der Waals surface area contributed by atoms with Gasteiger partial charge in [-0.3, -0.25) is 4.79 Å². The van der Waals surface area contributed by atoms with Crippen LogP contribution >= 0.6 is 11.6 Å². The first-order chi connectivity index (χ1) is 10.1. The Morgan fingerprint density at radius 2 is 1.71 bits per heavy atom. The lowest BCUT2D eigenvalue weighted by atomic mass is 10.1. The molecular weight excluding hydrogens is 286 g/mol. The second-order valence-electron chi connectivity index (χ2n) is 4.91. The van der Waals surface area contributed by atoms with E-state index in [1.165, 1.54) is 0 Å². The van der Waals surface area contributed by atoms with Crippen molar-refractivity contribution in [2.24, 2.45) is 0 Å². The van der Waals surface area contributed by atoms with Crippen LogP contribution in [0.2, 0.25) is 5.02 Å². The summed E-state index contributed by atoms with van der Waals surface area (Å²) in [6.45, 7) is 4.41. The van der Waals surface area contributed by atoms with Gasteiger partial charge in [0.25, 0.3) is 5.91 Å². The third kappa shape index (κ3) is 4.50. The topological polar surface area (TPSA) is 38.3 Å². The zero-order valence-electron chi connectivity index (χ0n) is 12.2. The molecule has 2 rings (SSSR count). The van der Waals surface area contributed by atoms with E-state index < -0.39 is 0 Å². The van der Waals surface area contributed by atoms with E-state index in [0.717, 1.165) is 22.4 Å². The Balaban J connectivity index is 1.84. The summed E-state index contributed by atoms with van der Waals surface area (Å²) in [7, 11) is 0. The number of hydrogen-bond donors (Lipinski definition) is 1. The molecule has 0 fully saturated rings. The molecule has 21 heavy (non-hydrogen) atoms. The lowest BCUT2D eigenvalue weighted by molar-refractivity contribution is -0.123. The van der Waals surface area contributed by atoms with Crippen LogP contribution in [0.3, 0.4) is 0 Å². The highest BCUT2D eigenvalue weighted by Gasteiger charge is 2.07. The molecule has 3 nitrogen and oxygen atoms in total. The van der Waals surface area contributed by atoms with Crippen molar-refractivity contribution in [1.29, 1.82) is 0 Å². The molecule has 2 aromatic rings. The molecule has 2 aromatic carbocycles. The number of aryl methyl sites for hydroxylation is 2. The number of ether oxygens (including phenoxy) is 1. The summed E-state index contributed by atoms with van der Waals surface area (Å²) >= 11 is 5.81. The van der Waals surface area contributed by atoms with E-state index in [-0.39, 0.29) is 12.5 Å². The summed E-state index contributed by atoms with van der Waals surface area (Å²) in [5, 5.41) is 3.50. The molecule has 0 bridgehead atoms. The largest absolute Gasteiger partial charge is 0.483 e. The molecule has 0 saturated carbocycles. The molecule has 1 N–H and O–H groups in total. The van der Waals surface area contributed by atoms with Gasteiger partial charge in [0.15, 0.2) is 6.61 Å². The molecule has 0 aromatic heterocycles. The van der Waals surface area contributed by atoms with Crippen molar-refractivity contribution in [2.45, 2.75) is 20.4 Å². The fraction of sp³-hybridized carbons (Fsp3) is 0.235. The number of para-hydroxylation sites is 1. The molecule has 0 aliphatic carbocycles. The predicted molar refractivity (Wildman–Crippen MR) is 84.7 cm³/mol. The maximum atomic E-state index is 11.8. The van der Waals surface area contributed by atoms with Crippen molar-refractivity contribution >= 4 is 17.5 Å². The summed E-state index contributed by atoms with van der Waals surface area (Å²) in [6.07, 6.45) is 0. The van der Waals surface area contributed by atoms with Gasteiger partial charge in [-0.15, -0.1) is 0 Å². The molecule has 1 amide bonds. The molecule has 0 heterocycles. The number of halogens is 1. The van der Waals surface area contributed by atoms with Crippen LogP contribution in [0.5, 0.6) is 5.75 Å². The van der Waals surface area contributed by atoms with Crippen molar-refractivity contribution in [3.05, 3.63) is 64.2 Å². The minimum atomic E-state index is -0.146. The van der Waals surface area contributed by atoms with E-state index in [4.69, 9.17) is 16.3 Å². The predicted octanol–water partition coefficient (Wildman–Crippen LogP) is 3.65. The zero-order chi connectivity index (χ0) is 15.2. The maximum Gasteiger partial charge on any atom is 0.258 e. The Morgan fingerprint density at radius 1 is 1.10 bits per heavy atom. The second-order valence-corrected chi connectivity index (χ2v) is 5.35. The van der Waals surface area contributed by atoms with Gasteiger partial charge in [0.1, 0.15) is 5.75 Å². The van der Waals surface area contributed by atoms with Crippen LogP contribution in [-0.4, -0.2) is 12.5 Å². The Hall–Kier alpha value is -2.00. The molecule has 0 saturated heterocycles.